The SMILES string of the molecule is NC(=O)c1ccccc1CC(=O)N1CCCC1(CO)Cc1ccccc1. The Morgan fingerprint density at radius 2 is 1.77 bits per heavy atom. The van der Waals surface area contributed by atoms with E-state index in [2.05, 4.69) is 0 Å². The lowest BCUT2D eigenvalue weighted by Crippen LogP contribution is -2.52. The maximum atomic E-state index is 13.0. The van der Waals surface area contributed by atoms with E-state index < -0.39 is 11.4 Å². The summed E-state index contributed by atoms with van der Waals surface area (Å²) in [5.74, 6) is -0.617. The molecule has 1 aliphatic heterocycles. The standard InChI is InChI=1S/C21H24N2O3/c22-20(26)18-10-5-4-9-17(18)13-19(25)23-12-6-11-21(23,15-24)14-16-7-2-1-3-8-16/h1-5,7-10,24H,6,11-15H2,(H2,22,26). The van der Waals surface area contributed by atoms with Gasteiger partial charge in [-0.15, -0.1) is 0 Å². The molecule has 3 N–H and O–H groups in total. The summed E-state index contributed by atoms with van der Waals surface area (Å²) in [6.45, 7) is 0.538. The van der Waals surface area contributed by atoms with E-state index in [1.54, 1.807) is 29.2 Å². The number of rotatable bonds is 6. The Balaban J connectivity index is 1.82. The summed E-state index contributed by atoms with van der Waals surface area (Å²) in [6.07, 6.45) is 2.35. The summed E-state index contributed by atoms with van der Waals surface area (Å²) in [7, 11) is 0. The van der Waals surface area contributed by atoms with Crippen molar-refractivity contribution >= 4 is 11.8 Å². The summed E-state index contributed by atoms with van der Waals surface area (Å²) in [6, 6.07) is 16.8. The van der Waals surface area contributed by atoms with Crippen molar-refractivity contribution in [2.24, 2.45) is 5.73 Å². The monoisotopic (exact) mass is 352 g/mol. The zero-order chi connectivity index (χ0) is 18.6. The lowest BCUT2D eigenvalue weighted by Gasteiger charge is -2.37. The van der Waals surface area contributed by atoms with Crippen LogP contribution >= 0.6 is 0 Å². The van der Waals surface area contributed by atoms with Crippen LogP contribution in [0.2, 0.25) is 0 Å². The maximum Gasteiger partial charge on any atom is 0.248 e. The van der Waals surface area contributed by atoms with Crippen LogP contribution in [-0.4, -0.2) is 40.5 Å². The van der Waals surface area contributed by atoms with Crippen LogP contribution in [0, 0.1) is 0 Å². The topological polar surface area (TPSA) is 83.6 Å². The highest BCUT2D eigenvalue weighted by Gasteiger charge is 2.43. The highest BCUT2D eigenvalue weighted by atomic mass is 16.3. The van der Waals surface area contributed by atoms with Crippen LogP contribution in [0.4, 0.5) is 0 Å². The fourth-order valence-corrected chi connectivity index (χ4v) is 3.88. The molecule has 1 heterocycles. The van der Waals surface area contributed by atoms with Gasteiger partial charge in [0.2, 0.25) is 11.8 Å². The molecule has 136 valence electrons. The van der Waals surface area contributed by atoms with Crippen molar-refractivity contribution in [1.29, 1.82) is 0 Å². The lowest BCUT2D eigenvalue weighted by molar-refractivity contribution is -0.136. The number of aliphatic hydroxyl groups is 1. The molecule has 5 nitrogen and oxygen atoms in total. The van der Waals surface area contributed by atoms with Crippen molar-refractivity contribution in [3.8, 4) is 0 Å². The minimum absolute atomic E-state index is 0.0783. The molecule has 1 unspecified atom stereocenters. The fourth-order valence-electron chi connectivity index (χ4n) is 3.88. The molecule has 1 fully saturated rings. The lowest BCUT2D eigenvalue weighted by atomic mass is 9.88. The predicted molar refractivity (Wildman–Crippen MR) is 99.6 cm³/mol. The fraction of sp³-hybridized carbons (Fsp3) is 0.333. The quantitative estimate of drug-likeness (QED) is 0.833. The highest BCUT2D eigenvalue weighted by molar-refractivity contribution is 5.95. The smallest absolute Gasteiger partial charge is 0.248 e. The van der Waals surface area contributed by atoms with Crippen LogP contribution in [0.5, 0.6) is 0 Å². The molecular formula is C21H24N2O3. The van der Waals surface area contributed by atoms with Gasteiger partial charge in [0.1, 0.15) is 0 Å². The molecule has 26 heavy (non-hydrogen) atoms. The van der Waals surface area contributed by atoms with Crippen molar-refractivity contribution in [3.63, 3.8) is 0 Å². The van der Waals surface area contributed by atoms with Crippen LogP contribution in [0.15, 0.2) is 54.6 Å². The molecule has 5 heteroatoms. The van der Waals surface area contributed by atoms with Crippen molar-refractivity contribution in [1.82, 2.24) is 4.90 Å². The van der Waals surface area contributed by atoms with Crippen LogP contribution < -0.4 is 5.73 Å². The van der Waals surface area contributed by atoms with Gasteiger partial charge in [-0.1, -0.05) is 48.5 Å². The first kappa shape index (κ1) is 18.1. The average Bonchev–Trinajstić information content (AvgIpc) is 3.07. The van der Waals surface area contributed by atoms with E-state index >= 15 is 0 Å². The normalized spacial score (nSPS) is 19.5. The number of benzene rings is 2. The van der Waals surface area contributed by atoms with E-state index in [1.165, 1.54) is 0 Å². The van der Waals surface area contributed by atoms with Gasteiger partial charge in [0.15, 0.2) is 0 Å². The molecule has 2 aromatic rings. The van der Waals surface area contributed by atoms with E-state index in [1.807, 2.05) is 30.3 Å². The summed E-state index contributed by atoms with van der Waals surface area (Å²) >= 11 is 0. The average molecular weight is 352 g/mol. The summed E-state index contributed by atoms with van der Waals surface area (Å²) in [4.78, 5) is 26.4. The van der Waals surface area contributed by atoms with Gasteiger partial charge in [0.05, 0.1) is 18.6 Å². The van der Waals surface area contributed by atoms with Crippen LogP contribution in [0.3, 0.4) is 0 Å². The second-order valence-electron chi connectivity index (χ2n) is 6.89. The minimum Gasteiger partial charge on any atom is -0.394 e. The second kappa shape index (κ2) is 7.70. The molecule has 0 saturated carbocycles. The van der Waals surface area contributed by atoms with Gasteiger partial charge >= 0.3 is 0 Å². The molecule has 1 atom stereocenters. The van der Waals surface area contributed by atoms with Crippen molar-refractivity contribution < 1.29 is 14.7 Å². The maximum absolute atomic E-state index is 13.0. The molecule has 1 aliphatic rings. The molecule has 0 bridgehead atoms. The number of hydrogen-bond acceptors (Lipinski definition) is 3. The van der Waals surface area contributed by atoms with Crippen molar-refractivity contribution in [3.05, 3.63) is 71.3 Å². The Hall–Kier alpha value is -2.66. The predicted octanol–water partition coefficient (Wildman–Crippen LogP) is 1.92. The van der Waals surface area contributed by atoms with Gasteiger partial charge < -0.3 is 15.7 Å². The Morgan fingerprint density at radius 3 is 2.46 bits per heavy atom. The Bertz CT molecular complexity index is 791. The number of hydrogen-bond donors (Lipinski definition) is 2. The minimum atomic E-state index is -0.583. The van der Waals surface area contributed by atoms with Crippen molar-refractivity contribution in [2.45, 2.75) is 31.2 Å². The number of aliphatic hydroxyl groups excluding tert-OH is 1. The van der Waals surface area contributed by atoms with Gasteiger partial charge in [-0.3, -0.25) is 9.59 Å². The molecule has 0 spiro atoms. The first-order valence-electron chi connectivity index (χ1n) is 8.89. The van der Waals surface area contributed by atoms with Gasteiger partial charge in [0, 0.05) is 12.1 Å². The Kier molecular flexibility index (Phi) is 5.38. The number of primary amides is 1. The first-order valence-corrected chi connectivity index (χ1v) is 8.89. The molecular weight excluding hydrogens is 328 g/mol. The molecule has 0 radical (unpaired) electrons. The Labute approximate surface area is 153 Å². The van der Waals surface area contributed by atoms with Gasteiger partial charge in [-0.2, -0.15) is 0 Å². The van der Waals surface area contributed by atoms with E-state index in [9.17, 15) is 14.7 Å². The number of amides is 2. The van der Waals surface area contributed by atoms with Gasteiger partial charge in [-0.05, 0) is 36.5 Å². The van der Waals surface area contributed by atoms with E-state index in [4.69, 9.17) is 5.73 Å². The first-order chi connectivity index (χ1) is 12.6. The van der Waals surface area contributed by atoms with Crippen LogP contribution in [-0.2, 0) is 17.6 Å². The summed E-state index contributed by atoms with van der Waals surface area (Å²) < 4.78 is 0. The summed E-state index contributed by atoms with van der Waals surface area (Å²) in [5.41, 5.74) is 6.94. The third kappa shape index (κ3) is 3.63. The number of nitrogens with two attached hydrogens (primary N) is 1. The van der Waals surface area contributed by atoms with Gasteiger partial charge in [-0.25, -0.2) is 0 Å². The number of nitrogens with zero attached hydrogens (tertiary/aromatic N) is 1. The highest BCUT2D eigenvalue weighted by Crippen LogP contribution is 2.33. The van der Waals surface area contributed by atoms with E-state index in [-0.39, 0.29) is 18.9 Å². The molecule has 2 amide bonds. The number of carbonyl (C=O) groups is 2. The van der Waals surface area contributed by atoms with E-state index in [0.29, 0.717) is 24.1 Å². The molecule has 1 saturated heterocycles. The third-order valence-corrected chi connectivity index (χ3v) is 5.19. The Morgan fingerprint density at radius 1 is 1.08 bits per heavy atom. The number of likely N-dealkylation sites (tertiary alicyclic amines) is 1. The molecule has 0 aromatic heterocycles. The van der Waals surface area contributed by atoms with Crippen LogP contribution in [0.1, 0.15) is 34.3 Å². The molecule has 3 rings (SSSR count). The van der Waals surface area contributed by atoms with Crippen LogP contribution in [0.25, 0.3) is 0 Å². The summed E-state index contributed by atoms with van der Waals surface area (Å²) in [5, 5.41) is 10.1. The molecule has 0 aliphatic carbocycles. The zero-order valence-electron chi connectivity index (χ0n) is 14.7. The zero-order valence-corrected chi connectivity index (χ0v) is 14.7. The largest absolute Gasteiger partial charge is 0.394 e. The third-order valence-electron chi connectivity index (χ3n) is 5.19. The second-order valence-corrected chi connectivity index (χ2v) is 6.89. The van der Waals surface area contributed by atoms with E-state index in [0.717, 1.165) is 18.4 Å². The van der Waals surface area contributed by atoms with Gasteiger partial charge in [0.25, 0.3) is 0 Å². The molecule has 2 aromatic carbocycles. The van der Waals surface area contributed by atoms with Crippen molar-refractivity contribution in [2.75, 3.05) is 13.2 Å². The number of carbonyl (C=O) groups excluding carboxylic acids is 2.